The van der Waals surface area contributed by atoms with Crippen molar-refractivity contribution in [2.24, 2.45) is 0 Å². The van der Waals surface area contributed by atoms with Crippen molar-refractivity contribution in [1.29, 1.82) is 0 Å². The molecule has 0 unspecified atom stereocenters. The number of hydrogen-bond donors (Lipinski definition) is 2. The van der Waals surface area contributed by atoms with Crippen LogP contribution in [0.3, 0.4) is 0 Å². The minimum atomic E-state index is -3.26. The average molecular weight is 284 g/mol. The fraction of sp³-hybridized carbons (Fsp3) is 0.462. The van der Waals surface area contributed by atoms with Crippen molar-refractivity contribution in [3.63, 3.8) is 0 Å². The maximum Gasteiger partial charge on any atom is 0.224 e. The van der Waals surface area contributed by atoms with Crippen LogP contribution in [0, 0.1) is 6.92 Å². The molecule has 0 aromatic heterocycles. The molecule has 1 aromatic rings. The minimum absolute atomic E-state index is 0.107. The standard InChI is InChI=1S/C13H20N2O3S/c1-10-6-7-11(19(3,17)18)9-12(10)15-13(16)5-4-8-14-2/h6-7,9,14H,4-5,8H2,1-3H3,(H,15,16). The fourth-order valence-electron chi connectivity index (χ4n) is 1.60. The van der Waals surface area contributed by atoms with E-state index in [1.54, 1.807) is 12.1 Å². The van der Waals surface area contributed by atoms with Crippen molar-refractivity contribution < 1.29 is 13.2 Å². The zero-order valence-corrected chi connectivity index (χ0v) is 12.3. The van der Waals surface area contributed by atoms with Gasteiger partial charge in [0.1, 0.15) is 0 Å². The molecule has 2 N–H and O–H groups in total. The number of carbonyl (C=O) groups is 1. The third-order valence-corrected chi connectivity index (χ3v) is 3.85. The van der Waals surface area contributed by atoms with E-state index in [-0.39, 0.29) is 10.8 Å². The Hall–Kier alpha value is -1.40. The van der Waals surface area contributed by atoms with E-state index in [1.165, 1.54) is 6.07 Å². The van der Waals surface area contributed by atoms with Gasteiger partial charge in [-0.05, 0) is 44.6 Å². The normalized spacial score (nSPS) is 11.3. The molecular weight excluding hydrogens is 264 g/mol. The van der Waals surface area contributed by atoms with Crippen LogP contribution in [0.15, 0.2) is 23.1 Å². The molecular formula is C13H20N2O3S. The summed E-state index contributed by atoms with van der Waals surface area (Å²) in [5.41, 5.74) is 1.40. The predicted molar refractivity (Wildman–Crippen MR) is 76.1 cm³/mol. The largest absolute Gasteiger partial charge is 0.326 e. The van der Waals surface area contributed by atoms with Crippen LogP contribution in [0.5, 0.6) is 0 Å². The Labute approximate surface area is 114 Å². The average Bonchev–Trinajstić information content (AvgIpc) is 2.31. The van der Waals surface area contributed by atoms with Gasteiger partial charge in [0.15, 0.2) is 9.84 Å². The maximum absolute atomic E-state index is 11.7. The number of benzene rings is 1. The van der Waals surface area contributed by atoms with E-state index < -0.39 is 9.84 Å². The zero-order chi connectivity index (χ0) is 14.5. The highest BCUT2D eigenvalue weighted by Gasteiger charge is 2.11. The summed E-state index contributed by atoms with van der Waals surface area (Å²) < 4.78 is 22.9. The summed E-state index contributed by atoms with van der Waals surface area (Å²) in [4.78, 5) is 11.9. The molecule has 1 rings (SSSR count). The lowest BCUT2D eigenvalue weighted by Gasteiger charge is -2.10. The Bertz CT molecular complexity index is 553. The lowest BCUT2D eigenvalue weighted by molar-refractivity contribution is -0.116. The Balaban J connectivity index is 2.80. The second-order valence-electron chi connectivity index (χ2n) is 4.50. The molecule has 0 spiro atoms. The molecule has 1 amide bonds. The van der Waals surface area contributed by atoms with Gasteiger partial charge in [-0.3, -0.25) is 4.79 Å². The molecule has 6 heteroatoms. The third-order valence-electron chi connectivity index (χ3n) is 2.74. The summed E-state index contributed by atoms with van der Waals surface area (Å²) in [7, 11) is -1.43. The van der Waals surface area contributed by atoms with E-state index in [0.717, 1.165) is 24.8 Å². The van der Waals surface area contributed by atoms with E-state index >= 15 is 0 Å². The summed E-state index contributed by atoms with van der Waals surface area (Å²) in [5.74, 6) is -0.107. The molecule has 106 valence electrons. The van der Waals surface area contributed by atoms with E-state index in [9.17, 15) is 13.2 Å². The zero-order valence-electron chi connectivity index (χ0n) is 11.5. The number of nitrogens with one attached hydrogen (secondary N) is 2. The quantitative estimate of drug-likeness (QED) is 0.773. The predicted octanol–water partition coefficient (Wildman–Crippen LogP) is 1.34. The van der Waals surface area contributed by atoms with Crippen LogP contribution < -0.4 is 10.6 Å². The Morgan fingerprint density at radius 2 is 2.00 bits per heavy atom. The summed E-state index contributed by atoms with van der Waals surface area (Å²) >= 11 is 0. The number of sulfone groups is 1. The van der Waals surface area contributed by atoms with E-state index in [1.807, 2.05) is 14.0 Å². The van der Waals surface area contributed by atoms with Crippen molar-refractivity contribution in [2.45, 2.75) is 24.7 Å². The van der Waals surface area contributed by atoms with Crippen LogP contribution in [-0.4, -0.2) is 34.2 Å². The van der Waals surface area contributed by atoms with Gasteiger partial charge in [0.2, 0.25) is 5.91 Å². The van der Waals surface area contributed by atoms with E-state index in [4.69, 9.17) is 0 Å². The Morgan fingerprint density at radius 3 is 2.58 bits per heavy atom. The molecule has 5 nitrogen and oxygen atoms in total. The van der Waals surface area contributed by atoms with Gasteiger partial charge >= 0.3 is 0 Å². The van der Waals surface area contributed by atoms with Gasteiger partial charge in [0.05, 0.1) is 4.90 Å². The molecule has 0 bridgehead atoms. The first-order valence-corrected chi connectivity index (χ1v) is 7.99. The smallest absolute Gasteiger partial charge is 0.224 e. The van der Waals surface area contributed by atoms with Crippen molar-refractivity contribution >= 4 is 21.4 Å². The van der Waals surface area contributed by atoms with Crippen molar-refractivity contribution in [1.82, 2.24) is 5.32 Å². The molecule has 0 saturated heterocycles. The van der Waals surface area contributed by atoms with Crippen LogP contribution in [0.25, 0.3) is 0 Å². The first-order valence-electron chi connectivity index (χ1n) is 6.09. The minimum Gasteiger partial charge on any atom is -0.326 e. The van der Waals surface area contributed by atoms with Gasteiger partial charge in [-0.15, -0.1) is 0 Å². The second-order valence-corrected chi connectivity index (χ2v) is 6.52. The van der Waals surface area contributed by atoms with Crippen LogP contribution >= 0.6 is 0 Å². The fourth-order valence-corrected chi connectivity index (χ4v) is 2.25. The van der Waals surface area contributed by atoms with Crippen LogP contribution in [0.1, 0.15) is 18.4 Å². The summed E-state index contributed by atoms with van der Waals surface area (Å²) in [5, 5.41) is 5.72. The van der Waals surface area contributed by atoms with Gasteiger partial charge in [-0.2, -0.15) is 0 Å². The number of aryl methyl sites for hydroxylation is 1. The number of rotatable bonds is 6. The number of amides is 1. The monoisotopic (exact) mass is 284 g/mol. The number of carbonyl (C=O) groups excluding carboxylic acids is 1. The molecule has 1 aromatic carbocycles. The van der Waals surface area contributed by atoms with E-state index in [0.29, 0.717) is 12.1 Å². The summed E-state index contributed by atoms with van der Waals surface area (Å²) in [6, 6.07) is 4.74. The van der Waals surface area contributed by atoms with Crippen molar-refractivity contribution in [3.05, 3.63) is 23.8 Å². The highest BCUT2D eigenvalue weighted by Crippen LogP contribution is 2.20. The third kappa shape index (κ3) is 5.00. The molecule has 0 aliphatic carbocycles. The highest BCUT2D eigenvalue weighted by molar-refractivity contribution is 7.90. The molecule has 0 atom stereocenters. The van der Waals surface area contributed by atoms with Gasteiger partial charge in [-0.25, -0.2) is 8.42 Å². The van der Waals surface area contributed by atoms with Crippen LogP contribution in [0.2, 0.25) is 0 Å². The molecule has 0 heterocycles. The molecule has 0 fully saturated rings. The Morgan fingerprint density at radius 1 is 1.32 bits per heavy atom. The lowest BCUT2D eigenvalue weighted by atomic mass is 10.2. The van der Waals surface area contributed by atoms with E-state index in [2.05, 4.69) is 10.6 Å². The van der Waals surface area contributed by atoms with Crippen LogP contribution in [0.4, 0.5) is 5.69 Å². The van der Waals surface area contributed by atoms with Crippen LogP contribution in [-0.2, 0) is 14.6 Å². The first-order chi connectivity index (χ1) is 8.84. The van der Waals surface area contributed by atoms with Gasteiger partial charge in [0.25, 0.3) is 0 Å². The van der Waals surface area contributed by atoms with Crippen molar-refractivity contribution in [3.8, 4) is 0 Å². The van der Waals surface area contributed by atoms with Gasteiger partial charge in [0, 0.05) is 18.4 Å². The number of anilines is 1. The summed E-state index contributed by atoms with van der Waals surface area (Å²) in [6.07, 6.45) is 2.30. The molecule has 0 aliphatic rings. The SMILES string of the molecule is CNCCCC(=O)Nc1cc(S(C)(=O)=O)ccc1C. The lowest BCUT2D eigenvalue weighted by Crippen LogP contribution is -2.16. The first kappa shape index (κ1) is 15.7. The maximum atomic E-state index is 11.7. The molecule has 0 aliphatic heterocycles. The Kier molecular flexibility index (Phi) is 5.50. The van der Waals surface area contributed by atoms with Gasteiger partial charge < -0.3 is 10.6 Å². The van der Waals surface area contributed by atoms with Gasteiger partial charge in [-0.1, -0.05) is 6.07 Å². The number of hydrogen-bond acceptors (Lipinski definition) is 4. The molecule has 0 radical (unpaired) electrons. The topological polar surface area (TPSA) is 75.3 Å². The summed E-state index contributed by atoms with van der Waals surface area (Å²) in [6.45, 7) is 2.60. The molecule has 0 saturated carbocycles. The highest BCUT2D eigenvalue weighted by atomic mass is 32.2. The second kappa shape index (κ2) is 6.68. The van der Waals surface area contributed by atoms with Crippen molar-refractivity contribution in [2.75, 3.05) is 25.2 Å². The molecule has 19 heavy (non-hydrogen) atoms.